The molecule has 0 bridgehead atoms. The van der Waals surface area contributed by atoms with Gasteiger partial charge in [0.1, 0.15) is 17.0 Å². The number of fused-ring (bicyclic) bond motifs is 1. The van der Waals surface area contributed by atoms with Gasteiger partial charge in [-0.2, -0.15) is 18.3 Å². The number of Topliss-reactive ketones (excluding diaryl/α,β-unsaturated/α-hetero) is 1. The topological polar surface area (TPSA) is 95.3 Å². The number of methoxy groups -OCH3 is 2. The number of ketones is 1. The standard InChI is InChI=1S/C23H21F3N4O4/c1-12-10-14(16-9-8-15(23(24,25)26)22(29-16)34-3)20(31)19-17(11-27-30(12)19)28-21(32)13-6-4-5-7-18(13)33-2/h4-9,11-12,14H,10H2,1-3H3,(H,28,32)/t12-,14?/m0/s1. The molecule has 3 heterocycles. The van der Waals surface area contributed by atoms with Crippen LogP contribution in [0.4, 0.5) is 18.9 Å². The number of aromatic nitrogens is 3. The van der Waals surface area contributed by atoms with E-state index in [0.29, 0.717) is 5.75 Å². The highest BCUT2D eigenvalue weighted by atomic mass is 19.4. The highest BCUT2D eigenvalue weighted by Gasteiger charge is 2.39. The van der Waals surface area contributed by atoms with Crippen molar-refractivity contribution in [1.29, 1.82) is 0 Å². The first kappa shape index (κ1) is 23.3. The third kappa shape index (κ3) is 4.09. The minimum absolute atomic E-state index is 0.146. The molecule has 1 aliphatic heterocycles. The Morgan fingerprint density at radius 3 is 2.56 bits per heavy atom. The van der Waals surface area contributed by atoms with Gasteiger partial charge in [0.2, 0.25) is 5.88 Å². The molecule has 1 N–H and O–H groups in total. The molecule has 0 aliphatic carbocycles. The molecule has 3 aromatic rings. The van der Waals surface area contributed by atoms with Gasteiger partial charge >= 0.3 is 6.18 Å². The number of amides is 1. The van der Waals surface area contributed by atoms with Crippen LogP contribution in [0, 0.1) is 0 Å². The quantitative estimate of drug-likeness (QED) is 0.585. The number of para-hydroxylation sites is 1. The number of rotatable bonds is 5. The van der Waals surface area contributed by atoms with E-state index in [1.54, 1.807) is 24.3 Å². The molecule has 1 aromatic carbocycles. The summed E-state index contributed by atoms with van der Waals surface area (Å²) in [7, 11) is 2.53. The molecule has 11 heteroatoms. The van der Waals surface area contributed by atoms with Crippen LogP contribution < -0.4 is 14.8 Å². The molecule has 178 valence electrons. The maximum absolute atomic E-state index is 13.4. The third-order valence-electron chi connectivity index (χ3n) is 5.68. The number of pyridine rings is 1. The molecule has 2 atom stereocenters. The molecule has 1 amide bonds. The molecular formula is C23H21F3N4O4. The number of hydrogen-bond acceptors (Lipinski definition) is 6. The van der Waals surface area contributed by atoms with E-state index in [0.717, 1.165) is 13.2 Å². The average Bonchev–Trinajstić information content (AvgIpc) is 3.24. The lowest BCUT2D eigenvalue weighted by Crippen LogP contribution is -2.30. The molecule has 34 heavy (non-hydrogen) atoms. The van der Waals surface area contributed by atoms with Crippen molar-refractivity contribution in [3.63, 3.8) is 0 Å². The van der Waals surface area contributed by atoms with Crippen molar-refractivity contribution in [1.82, 2.24) is 14.8 Å². The van der Waals surface area contributed by atoms with E-state index in [1.807, 2.05) is 6.92 Å². The van der Waals surface area contributed by atoms with Gasteiger partial charge in [-0.3, -0.25) is 14.3 Å². The molecule has 0 fully saturated rings. The Bertz CT molecular complexity index is 1260. The molecule has 0 saturated heterocycles. The van der Waals surface area contributed by atoms with Gasteiger partial charge in [0.15, 0.2) is 5.78 Å². The molecule has 8 nitrogen and oxygen atoms in total. The van der Waals surface area contributed by atoms with Crippen molar-refractivity contribution in [2.45, 2.75) is 31.5 Å². The Morgan fingerprint density at radius 1 is 1.15 bits per heavy atom. The van der Waals surface area contributed by atoms with E-state index in [1.165, 1.54) is 24.1 Å². The molecule has 0 spiro atoms. The zero-order valence-corrected chi connectivity index (χ0v) is 18.5. The van der Waals surface area contributed by atoms with Crippen molar-refractivity contribution in [2.24, 2.45) is 0 Å². The summed E-state index contributed by atoms with van der Waals surface area (Å²) in [5.41, 5.74) is -0.267. The molecule has 2 aromatic heterocycles. The van der Waals surface area contributed by atoms with E-state index in [-0.39, 0.29) is 35.1 Å². The predicted molar refractivity (Wildman–Crippen MR) is 115 cm³/mol. The lowest BCUT2D eigenvalue weighted by Gasteiger charge is -2.28. The van der Waals surface area contributed by atoms with Crippen LogP contribution in [0.3, 0.4) is 0 Å². The smallest absolute Gasteiger partial charge is 0.421 e. The summed E-state index contributed by atoms with van der Waals surface area (Å²) in [5, 5.41) is 6.94. The highest BCUT2D eigenvalue weighted by Crippen LogP contribution is 2.40. The van der Waals surface area contributed by atoms with Crippen LogP contribution in [0.5, 0.6) is 11.6 Å². The van der Waals surface area contributed by atoms with Crippen molar-refractivity contribution in [3.8, 4) is 11.6 Å². The molecular weight excluding hydrogens is 453 g/mol. The maximum atomic E-state index is 13.4. The zero-order chi connectivity index (χ0) is 24.6. The second kappa shape index (κ2) is 8.81. The SMILES string of the molecule is COc1ccccc1C(=O)Nc1cnn2c1C(=O)C(c1ccc(C(F)(F)F)c(OC)n1)C[C@@H]2C. The predicted octanol–water partition coefficient (Wildman–Crippen LogP) is 4.50. The first-order chi connectivity index (χ1) is 16.2. The first-order valence-electron chi connectivity index (χ1n) is 10.3. The Hall–Kier alpha value is -3.89. The number of benzene rings is 1. The Kier molecular flexibility index (Phi) is 6.03. The van der Waals surface area contributed by atoms with E-state index >= 15 is 0 Å². The average molecular weight is 474 g/mol. The molecule has 4 rings (SSSR count). The van der Waals surface area contributed by atoms with Crippen LogP contribution in [-0.2, 0) is 6.18 Å². The van der Waals surface area contributed by atoms with E-state index in [9.17, 15) is 22.8 Å². The van der Waals surface area contributed by atoms with Crippen LogP contribution in [-0.4, -0.2) is 40.7 Å². The van der Waals surface area contributed by atoms with E-state index in [2.05, 4.69) is 15.4 Å². The fourth-order valence-electron chi connectivity index (χ4n) is 4.04. The highest BCUT2D eigenvalue weighted by molar-refractivity contribution is 6.11. The lowest BCUT2D eigenvalue weighted by molar-refractivity contribution is -0.139. The van der Waals surface area contributed by atoms with Gasteiger partial charge in [0.05, 0.1) is 49.3 Å². The van der Waals surface area contributed by atoms with E-state index < -0.39 is 35.2 Å². The number of carbonyl (C=O) groups excluding carboxylic acids is 2. The van der Waals surface area contributed by atoms with Gasteiger partial charge in [-0.25, -0.2) is 4.98 Å². The van der Waals surface area contributed by atoms with Gasteiger partial charge in [-0.1, -0.05) is 12.1 Å². The number of anilines is 1. The maximum Gasteiger partial charge on any atom is 0.421 e. The summed E-state index contributed by atoms with van der Waals surface area (Å²) in [5.74, 6) is -1.99. The minimum Gasteiger partial charge on any atom is -0.496 e. The largest absolute Gasteiger partial charge is 0.496 e. The fraction of sp³-hybridized carbons (Fsp3) is 0.304. The van der Waals surface area contributed by atoms with Gasteiger partial charge in [0, 0.05) is 0 Å². The van der Waals surface area contributed by atoms with Crippen LogP contribution in [0.2, 0.25) is 0 Å². The number of hydrogen-bond donors (Lipinski definition) is 1. The van der Waals surface area contributed by atoms with Crippen LogP contribution in [0.1, 0.15) is 57.4 Å². The Morgan fingerprint density at radius 2 is 1.88 bits per heavy atom. The van der Waals surface area contributed by atoms with Gasteiger partial charge < -0.3 is 14.8 Å². The molecule has 0 radical (unpaired) electrons. The zero-order valence-electron chi connectivity index (χ0n) is 18.5. The van der Waals surface area contributed by atoms with Crippen LogP contribution in [0.25, 0.3) is 0 Å². The van der Waals surface area contributed by atoms with E-state index in [4.69, 9.17) is 9.47 Å². The van der Waals surface area contributed by atoms with Gasteiger partial charge in [0.25, 0.3) is 5.91 Å². The summed E-state index contributed by atoms with van der Waals surface area (Å²) in [6.07, 6.45) is -3.00. The Labute approximate surface area is 192 Å². The van der Waals surface area contributed by atoms with Gasteiger partial charge in [-0.05, 0) is 37.6 Å². The first-order valence-corrected chi connectivity index (χ1v) is 10.3. The van der Waals surface area contributed by atoms with Crippen molar-refractivity contribution in [2.75, 3.05) is 19.5 Å². The number of halogens is 3. The normalized spacial score (nSPS) is 17.8. The monoisotopic (exact) mass is 474 g/mol. The summed E-state index contributed by atoms with van der Waals surface area (Å²) in [6.45, 7) is 1.82. The number of nitrogens with one attached hydrogen (secondary N) is 1. The van der Waals surface area contributed by atoms with Crippen molar-refractivity contribution >= 4 is 17.4 Å². The fourth-order valence-corrected chi connectivity index (χ4v) is 4.04. The summed E-state index contributed by atoms with van der Waals surface area (Å²) >= 11 is 0. The Balaban J connectivity index is 1.68. The molecule has 0 saturated carbocycles. The number of nitrogens with zero attached hydrogens (tertiary/aromatic N) is 3. The van der Waals surface area contributed by atoms with Gasteiger partial charge in [-0.15, -0.1) is 0 Å². The number of ether oxygens (including phenoxy) is 2. The minimum atomic E-state index is -4.64. The van der Waals surface area contributed by atoms with Crippen LogP contribution >= 0.6 is 0 Å². The number of carbonyl (C=O) groups is 2. The molecule has 1 aliphatic rings. The lowest BCUT2D eigenvalue weighted by atomic mass is 9.87. The summed E-state index contributed by atoms with van der Waals surface area (Å²) < 4.78 is 51.2. The molecule has 1 unspecified atom stereocenters. The second-order valence-corrected chi connectivity index (χ2v) is 7.80. The van der Waals surface area contributed by atoms with Crippen molar-refractivity contribution < 1.29 is 32.2 Å². The van der Waals surface area contributed by atoms with Crippen LogP contribution in [0.15, 0.2) is 42.6 Å². The summed E-state index contributed by atoms with van der Waals surface area (Å²) in [6, 6.07) is 8.38. The third-order valence-corrected chi connectivity index (χ3v) is 5.68. The summed E-state index contributed by atoms with van der Waals surface area (Å²) in [4.78, 5) is 30.3. The number of alkyl halides is 3. The second-order valence-electron chi connectivity index (χ2n) is 7.80. The van der Waals surface area contributed by atoms with Crippen molar-refractivity contribution in [3.05, 3.63) is 65.1 Å².